The van der Waals surface area contributed by atoms with Gasteiger partial charge in [0.15, 0.2) is 5.60 Å². The first-order chi connectivity index (χ1) is 14.2. The highest BCUT2D eigenvalue weighted by Crippen LogP contribution is 2.47. The van der Waals surface area contributed by atoms with Crippen molar-refractivity contribution in [2.45, 2.75) is 50.3 Å². The lowest BCUT2D eigenvalue weighted by molar-refractivity contribution is -0.149. The van der Waals surface area contributed by atoms with Gasteiger partial charge in [-0.25, -0.2) is 0 Å². The third-order valence-electron chi connectivity index (χ3n) is 7.28. The van der Waals surface area contributed by atoms with Gasteiger partial charge in [-0.3, -0.25) is 9.69 Å². The Hall–Kier alpha value is -1.69. The number of benzene rings is 1. The number of thiophene rings is 1. The zero-order chi connectivity index (χ0) is 19.8. The molecule has 0 spiro atoms. The number of likely N-dealkylation sites (tertiary alicyclic amines) is 1. The average Bonchev–Trinajstić information content (AvgIpc) is 3.15. The van der Waals surface area contributed by atoms with Crippen molar-refractivity contribution >= 4 is 17.2 Å². The molecular formula is C24H30N2O2S. The van der Waals surface area contributed by atoms with Gasteiger partial charge in [0.25, 0.3) is 5.91 Å². The van der Waals surface area contributed by atoms with Crippen LogP contribution in [0.15, 0.2) is 47.8 Å². The van der Waals surface area contributed by atoms with Crippen LogP contribution in [0.4, 0.5) is 0 Å². The van der Waals surface area contributed by atoms with E-state index in [0.29, 0.717) is 11.8 Å². The number of rotatable bonds is 6. The van der Waals surface area contributed by atoms with Gasteiger partial charge in [0, 0.05) is 36.5 Å². The first-order valence-electron chi connectivity index (χ1n) is 11.0. The Kier molecular flexibility index (Phi) is 5.23. The molecule has 0 bridgehead atoms. The summed E-state index contributed by atoms with van der Waals surface area (Å²) in [6, 6.07) is 14.1. The van der Waals surface area contributed by atoms with Crippen LogP contribution in [0.2, 0.25) is 0 Å². The molecule has 3 aliphatic rings. The number of nitrogens with one attached hydrogen (secondary N) is 1. The molecule has 2 heterocycles. The van der Waals surface area contributed by atoms with Crippen molar-refractivity contribution in [1.82, 2.24) is 10.2 Å². The second-order valence-corrected chi connectivity index (χ2v) is 10.1. The van der Waals surface area contributed by atoms with Crippen molar-refractivity contribution in [3.63, 3.8) is 0 Å². The van der Waals surface area contributed by atoms with Gasteiger partial charge in [-0.2, -0.15) is 0 Å². The lowest BCUT2D eigenvalue weighted by atomic mass is 9.73. The predicted molar refractivity (Wildman–Crippen MR) is 115 cm³/mol. The molecule has 2 aromatic rings. The second kappa shape index (κ2) is 7.86. The molecule has 1 saturated heterocycles. The Morgan fingerprint density at radius 2 is 1.79 bits per heavy atom. The van der Waals surface area contributed by atoms with Crippen LogP contribution in [0.25, 0.3) is 0 Å². The molecule has 3 fully saturated rings. The van der Waals surface area contributed by atoms with Crippen LogP contribution in [-0.4, -0.2) is 35.0 Å². The molecular weight excluding hydrogens is 380 g/mol. The highest BCUT2D eigenvalue weighted by Gasteiger charge is 2.58. The van der Waals surface area contributed by atoms with Crippen LogP contribution in [0, 0.1) is 17.8 Å². The lowest BCUT2D eigenvalue weighted by Crippen LogP contribution is -2.51. The summed E-state index contributed by atoms with van der Waals surface area (Å²) in [4.78, 5) is 17.3. The highest BCUT2D eigenvalue weighted by molar-refractivity contribution is 7.09. The first kappa shape index (κ1) is 19.3. The normalized spacial score (nSPS) is 29.2. The van der Waals surface area contributed by atoms with Crippen molar-refractivity contribution in [1.29, 1.82) is 0 Å². The SMILES string of the molecule is O=C(N[C@H]1C2CN(Cc3cccs3)C[C@@H]21)C(O)(c1ccccc1)C1CCCCC1. The van der Waals surface area contributed by atoms with Crippen LogP contribution in [0.5, 0.6) is 0 Å². The standard InChI is InChI=1S/C24H30N2O2S/c27-23(24(28,17-8-3-1-4-9-17)18-10-5-2-6-11-18)25-22-20-15-26(16-21(20)22)14-19-12-7-13-29-19/h1,3-4,7-9,12-13,18,20-22,28H,2,5-6,10-11,14-16H2,(H,25,27)/t20-,21?,22+,24?/m0/s1. The van der Waals surface area contributed by atoms with E-state index in [2.05, 4.69) is 27.7 Å². The van der Waals surface area contributed by atoms with E-state index in [1.807, 2.05) is 41.7 Å². The molecule has 2 saturated carbocycles. The molecule has 4 nitrogen and oxygen atoms in total. The largest absolute Gasteiger partial charge is 0.375 e. The smallest absolute Gasteiger partial charge is 0.257 e. The predicted octanol–water partition coefficient (Wildman–Crippen LogP) is 3.76. The molecule has 2 aliphatic carbocycles. The Balaban J connectivity index is 1.25. The van der Waals surface area contributed by atoms with E-state index in [1.54, 1.807) is 0 Å². The fourth-order valence-electron chi connectivity index (χ4n) is 5.61. The summed E-state index contributed by atoms with van der Waals surface area (Å²) >= 11 is 1.81. The summed E-state index contributed by atoms with van der Waals surface area (Å²) < 4.78 is 0. The van der Waals surface area contributed by atoms with Crippen LogP contribution >= 0.6 is 11.3 Å². The maximum atomic E-state index is 13.4. The van der Waals surface area contributed by atoms with E-state index in [9.17, 15) is 9.90 Å². The number of hydrogen-bond donors (Lipinski definition) is 2. The van der Waals surface area contributed by atoms with Crippen molar-refractivity contribution in [2.24, 2.45) is 17.8 Å². The number of piperidine rings is 1. The topological polar surface area (TPSA) is 52.6 Å². The minimum Gasteiger partial charge on any atom is -0.375 e. The molecule has 5 heteroatoms. The van der Waals surface area contributed by atoms with E-state index < -0.39 is 5.60 Å². The molecule has 4 atom stereocenters. The minimum atomic E-state index is -1.41. The second-order valence-electron chi connectivity index (χ2n) is 9.07. The molecule has 0 radical (unpaired) electrons. The van der Waals surface area contributed by atoms with E-state index in [1.165, 1.54) is 11.3 Å². The Morgan fingerprint density at radius 3 is 2.45 bits per heavy atom. The van der Waals surface area contributed by atoms with Gasteiger partial charge in [0.2, 0.25) is 0 Å². The summed E-state index contributed by atoms with van der Waals surface area (Å²) in [5.41, 5.74) is -0.663. The molecule has 29 heavy (non-hydrogen) atoms. The van der Waals surface area contributed by atoms with Crippen molar-refractivity contribution in [3.05, 3.63) is 58.3 Å². The number of carbonyl (C=O) groups excluding carboxylic acids is 1. The van der Waals surface area contributed by atoms with Gasteiger partial charge in [0.05, 0.1) is 0 Å². The van der Waals surface area contributed by atoms with Crippen molar-refractivity contribution in [3.8, 4) is 0 Å². The Labute approximate surface area is 176 Å². The maximum Gasteiger partial charge on any atom is 0.257 e. The Bertz CT molecular complexity index is 822. The van der Waals surface area contributed by atoms with Gasteiger partial charge in [0.1, 0.15) is 0 Å². The summed E-state index contributed by atoms with van der Waals surface area (Å²) in [7, 11) is 0. The number of aliphatic hydroxyl groups is 1. The van der Waals surface area contributed by atoms with E-state index in [-0.39, 0.29) is 17.9 Å². The van der Waals surface area contributed by atoms with Crippen LogP contribution < -0.4 is 5.32 Å². The maximum absolute atomic E-state index is 13.4. The number of carbonyl (C=O) groups is 1. The zero-order valence-corrected chi connectivity index (χ0v) is 17.6. The summed E-state index contributed by atoms with van der Waals surface area (Å²) in [6.07, 6.45) is 5.24. The Morgan fingerprint density at radius 1 is 1.07 bits per heavy atom. The molecule has 2 unspecified atom stereocenters. The van der Waals surface area contributed by atoms with Crippen LogP contribution in [0.3, 0.4) is 0 Å². The van der Waals surface area contributed by atoms with Gasteiger partial charge < -0.3 is 10.4 Å². The minimum absolute atomic E-state index is 0.00701. The third-order valence-corrected chi connectivity index (χ3v) is 8.14. The van der Waals surface area contributed by atoms with Gasteiger partial charge in [-0.15, -0.1) is 11.3 Å². The van der Waals surface area contributed by atoms with Gasteiger partial charge in [-0.1, -0.05) is 55.7 Å². The number of nitrogens with zero attached hydrogens (tertiary/aromatic N) is 1. The van der Waals surface area contributed by atoms with Crippen LogP contribution in [-0.2, 0) is 16.9 Å². The molecule has 1 aliphatic heterocycles. The highest BCUT2D eigenvalue weighted by atomic mass is 32.1. The van der Waals surface area contributed by atoms with Gasteiger partial charge >= 0.3 is 0 Å². The third kappa shape index (κ3) is 3.65. The summed E-state index contributed by atoms with van der Waals surface area (Å²) in [6.45, 7) is 3.10. The molecule has 1 amide bonds. The molecule has 1 aromatic carbocycles. The van der Waals surface area contributed by atoms with E-state index in [4.69, 9.17) is 0 Å². The molecule has 2 N–H and O–H groups in total. The van der Waals surface area contributed by atoms with E-state index >= 15 is 0 Å². The fraction of sp³-hybridized carbons (Fsp3) is 0.542. The number of fused-ring (bicyclic) bond motifs is 1. The first-order valence-corrected chi connectivity index (χ1v) is 11.9. The quantitative estimate of drug-likeness (QED) is 0.762. The van der Waals surface area contributed by atoms with Gasteiger partial charge in [-0.05, 0) is 41.7 Å². The molecule has 1 aromatic heterocycles. The zero-order valence-electron chi connectivity index (χ0n) is 16.8. The number of amides is 1. The fourth-order valence-corrected chi connectivity index (χ4v) is 6.35. The monoisotopic (exact) mass is 410 g/mol. The van der Waals surface area contributed by atoms with Crippen molar-refractivity contribution < 1.29 is 9.90 Å². The van der Waals surface area contributed by atoms with Crippen LogP contribution in [0.1, 0.15) is 42.5 Å². The number of hydrogen-bond acceptors (Lipinski definition) is 4. The van der Waals surface area contributed by atoms with E-state index in [0.717, 1.165) is 50.9 Å². The summed E-state index contributed by atoms with van der Waals surface area (Å²) in [5.74, 6) is 0.892. The lowest BCUT2D eigenvalue weighted by Gasteiger charge is -2.38. The van der Waals surface area contributed by atoms with Crippen molar-refractivity contribution in [2.75, 3.05) is 13.1 Å². The molecule has 5 rings (SSSR count). The molecule has 154 valence electrons. The average molecular weight is 411 g/mol. The summed E-state index contributed by atoms with van der Waals surface area (Å²) in [5, 5.41) is 17.1.